The molecule has 1 saturated heterocycles. The molecule has 4 nitrogen and oxygen atoms in total. The lowest BCUT2D eigenvalue weighted by atomic mass is 10.1. The fourth-order valence-corrected chi connectivity index (χ4v) is 2.57. The van der Waals surface area contributed by atoms with Crippen LogP contribution in [0.2, 0.25) is 0 Å². The number of fused-ring (bicyclic) bond motifs is 1. The molecule has 1 aromatic carbocycles. The van der Waals surface area contributed by atoms with E-state index in [9.17, 15) is 5.11 Å². The second-order valence-corrected chi connectivity index (χ2v) is 4.89. The van der Waals surface area contributed by atoms with E-state index < -0.39 is 0 Å². The molecule has 1 aromatic heterocycles. The van der Waals surface area contributed by atoms with Crippen LogP contribution in [0.25, 0.3) is 10.9 Å². The highest BCUT2D eigenvalue weighted by Crippen LogP contribution is 2.28. The Morgan fingerprint density at radius 2 is 2.33 bits per heavy atom. The normalized spacial score (nSPS) is 20.4. The Labute approximate surface area is 106 Å². The van der Waals surface area contributed by atoms with Crippen molar-refractivity contribution >= 4 is 10.9 Å². The molecule has 1 aliphatic heterocycles. The van der Waals surface area contributed by atoms with Crippen LogP contribution < -0.4 is 0 Å². The molecule has 1 aliphatic rings. The van der Waals surface area contributed by atoms with Crippen molar-refractivity contribution in [2.45, 2.75) is 39.0 Å². The van der Waals surface area contributed by atoms with Crippen LogP contribution in [0.5, 0.6) is 0 Å². The average Bonchev–Trinajstić information content (AvgIpc) is 2.77. The Balaban J connectivity index is 2.11. The number of rotatable bonds is 2. The monoisotopic (exact) mass is 246 g/mol. The van der Waals surface area contributed by atoms with Gasteiger partial charge in [0.05, 0.1) is 17.8 Å². The Kier molecular flexibility index (Phi) is 3.06. The molecule has 2 heterocycles. The summed E-state index contributed by atoms with van der Waals surface area (Å²) in [6.07, 6.45) is 3.31. The molecule has 0 amide bonds. The minimum Gasteiger partial charge on any atom is -0.390 e. The quantitative estimate of drug-likeness (QED) is 0.885. The molecule has 2 aromatic rings. The predicted octanol–water partition coefficient (Wildman–Crippen LogP) is 2.54. The molecule has 1 atom stereocenters. The summed E-state index contributed by atoms with van der Waals surface area (Å²) in [5.41, 5.74) is 2.97. The average molecular weight is 246 g/mol. The molecule has 0 radical (unpaired) electrons. The number of aromatic nitrogens is 2. The van der Waals surface area contributed by atoms with Gasteiger partial charge in [-0.2, -0.15) is 5.10 Å². The molecule has 0 bridgehead atoms. The van der Waals surface area contributed by atoms with Crippen LogP contribution in [-0.4, -0.2) is 21.5 Å². The van der Waals surface area contributed by atoms with Crippen LogP contribution in [0.15, 0.2) is 18.2 Å². The van der Waals surface area contributed by atoms with E-state index in [-0.39, 0.29) is 12.8 Å². The van der Waals surface area contributed by atoms with E-state index in [1.807, 2.05) is 4.68 Å². The van der Waals surface area contributed by atoms with Gasteiger partial charge in [-0.3, -0.25) is 0 Å². The van der Waals surface area contributed by atoms with Gasteiger partial charge >= 0.3 is 0 Å². The number of nitrogens with zero attached hydrogens (tertiary/aromatic N) is 2. The minimum absolute atomic E-state index is 0.0178. The molecular formula is C14H18N2O2. The molecule has 96 valence electrons. The number of aryl methyl sites for hydroxylation is 1. The topological polar surface area (TPSA) is 47.3 Å². The molecule has 1 unspecified atom stereocenters. The summed E-state index contributed by atoms with van der Waals surface area (Å²) in [6.45, 7) is 2.82. The molecule has 4 heteroatoms. The third-order valence-electron chi connectivity index (χ3n) is 3.52. The zero-order valence-corrected chi connectivity index (χ0v) is 10.6. The molecule has 1 fully saturated rings. The summed E-state index contributed by atoms with van der Waals surface area (Å²) in [5.74, 6) is 0. The maximum absolute atomic E-state index is 9.42. The van der Waals surface area contributed by atoms with E-state index in [0.717, 1.165) is 36.0 Å². The first-order valence-corrected chi connectivity index (χ1v) is 6.50. The highest BCUT2D eigenvalue weighted by Gasteiger charge is 2.20. The van der Waals surface area contributed by atoms with Gasteiger partial charge < -0.3 is 9.84 Å². The number of hydrogen-bond acceptors (Lipinski definition) is 3. The van der Waals surface area contributed by atoms with Crippen LogP contribution in [0.3, 0.4) is 0 Å². The molecule has 0 spiro atoms. The van der Waals surface area contributed by atoms with Gasteiger partial charge in [-0.15, -0.1) is 0 Å². The third-order valence-corrected chi connectivity index (χ3v) is 3.52. The molecule has 3 rings (SSSR count). The first-order chi connectivity index (χ1) is 8.79. The first kappa shape index (κ1) is 11.7. The van der Waals surface area contributed by atoms with E-state index in [1.54, 1.807) is 0 Å². The van der Waals surface area contributed by atoms with Gasteiger partial charge in [0.2, 0.25) is 0 Å². The van der Waals surface area contributed by atoms with Gasteiger partial charge in [0.25, 0.3) is 0 Å². The van der Waals surface area contributed by atoms with E-state index in [2.05, 4.69) is 30.2 Å². The Hall–Kier alpha value is -1.39. The van der Waals surface area contributed by atoms with Crippen LogP contribution in [0.4, 0.5) is 0 Å². The van der Waals surface area contributed by atoms with Crippen molar-refractivity contribution in [3.05, 3.63) is 29.5 Å². The van der Waals surface area contributed by atoms with E-state index in [0.29, 0.717) is 0 Å². The number of aliphatic hydroxyl groups excluding tert-OH is 1. The highest BCUT2D eigenvalue weighted by atomic mass is 16.5. The predicted molar refractivity (Wildman–Crippen MR) is 69.2 cm³/mol. The summed E-state index contributed by atoms with van der Waals surface area (Å²) in [4.78, 5) is 0. The van der Waals surface area contributed by atoms with Crippen LogP contribution >= 0.6 is 0 Å². The highest BCUT2D eigenvalue weighted by molar-refractivity contribution is 5.82. The summed E-state index contributed by atoms with van der Waals surface area (Å²) in [6, 6.07) is 6.21. The Bertz CT molecular complexity index is 556. The van der Waals surface area contributed by atoms with E-state index in [1.165, 1.54) is 12.0 Å². The zero-order chi connectivity index (χ0) is 12.5. The fourth-order valence-electron chi connectivity index (χ4n) is 2.57. The van der Waals surface area contributed by atoms with Gasteiger partial charge in [0.15, 0.2) is 6.23 Å². The van der Waals surface area contributed by atoms with Crippen LogP contribution in [-0.2, 0) is 11.3 Å². The molecule has 0 saturated carbocycles. The number of aliphatic hydroxyl groups is 1. The standard InChI is InChI=1S/C14H18N2O2/c1-10-5-6-13-11(8-10)12(9-17)15-16(13)14-4-2-3-7-18-14/h5-6,8,14,17H,2-4,7,9H2,1H3. The molecule has 18 heavy (non-hydrogen) atoms. The van der Waals surface area contributed by atoms with Crippen molar-refractivity contribution in [2.24, 2.45) is 0 Å². The molecular weight excluding hydrogens is 228 g/mol. The van der Waals surface area contributed by atoms with E-state index >= 15 is 0 Å². The van der Waals surface area contributed by atoms with Crippen molar-refractivity contribution in [2.75, 3.05) is 6.61 Å². The lowest BCUT2D eigenvalue weighted by Gasteiger charge is -2.23. The van der Waals surface area contributed by atoms with Crippen LogP contribution in [0.1, 0.15) is 36.7 Å². The van der Waals surface area contributed by atoms with E-state index in [4.69, 9.17) is 4.74 Å². The Morgan fingerprint density at radius 1 is 1.44 bits per heavy atom. The number of benzene rings is 1. The first-order valence-electron chi connectivity index (χ1n) is 6.50. The van der Waals surface area contributed by atoms with Gasteiger partial charge in [-0.1, -0.05) is 11.6 Å². The largest absolute Gasteiger partial charge is 0.390 e. The number of ether oxygens (including phenoxy) is 1. The van der Waals surface area contributed by atoms with Crippen molar-refractivity contribution in [3.63, 3.8) is 0 Å². The summed E-state index contributed by atoms with van der Waals surface area (Å²) >= 11 is 0. The van der Waals surface area contributed by atoms with Crippen molar-refractivity contribution < 1.29 is 9.84 Å². The van der Waals surface area contributed by atoms with Crippen LogP contribution in [0, 0.1) is 6.92 Å². The van der Waals surface area contributed by atoms with Crippen molar-refractivity contribution in [1.82, 2.24) is 9.78 Å². The third kappa shape index (κ3) is 1.91. The van der Waals surface area contributed by atoms with Gasteiger partial charge in [-0.25, -0.2) is 4.68 Å². The van der Waals surface area contributed by atoms with Gasteiger partial charge in [0, 0.05) is 12.0 Å². The molecule has 0 aliphatic carbocycles. The Morgan fingerprint density at radius 3 is 3.06 bits per heavy atom. The smallest absolute Gasteiger partial charge is 0.150 e. The van der Waals surface area contributed by atoms with Gasteiger partial charge in [-0.05, 0) is 38.3 Å². The van der Waals surface area contributed by atoms with Crippen molar-refractivity contribution in [1.29, 1.82) is 0 Å². The summed E-state index contributed by atoms with van der Waals surface area (Å²) in [5, 5.41) is 15.0. The summed E-state index contributed by atoms with van der Waals surface area (Å²) in [7, 11) is 0. The maximum atomic E-state index is 9.42. The maximum Gasteiger partial charge on any atom is 0.150 e. The lowest BCUT2D eigenvalue weighted by molar-refractivity contribution is -0.0370. The SMILES string of the molecule is Cc1ccc2c(c1)c(CO)nn2C1CCCCO1. The number of hydrogen-bond donors (Lipinski definition) is 1. The zero-order valence-electron chi connectivity index (χ0n) is 10.6. The second kappa shape index (κ2) is 4.71. The minimum atomic E-state index is -0.0281. The van der Waals surface area contributed by atoms with Crippen molar-refractivity contribution in [3.8, 4) is 0 Å². The van der Waals surface area contributed by atoms with Gasteiger partial charge in [0.1, 0.15) is 0 Å². The summed E-state index contributed by atoms with van der Waals surface area (Å²) < 4.78 is 7.71. The second-order valence-electron chi connectivity index (χ2n) is 4.89. The molecule has 1 N–H and O–H groups in total. The lowest BCUT2D eigenvalue weighted by Crippen LogP contribution is -2.19. The fraction of sp³-hybridized carbons (Fsp3) is 0.500.